The van der Waals surface area contributed by atoms with Crippen LogP contribution < -0.4 is 0 Å². The Balaban J connectivity index is 0.000000526. The van der Waals surface area contributed by atoms with Crippen molar-refractivity contribution >= 4 is 5.78 Å². The lowest BCUT2D eigenvalue weighted by molar-refractivity contribution is -0.129. The number of aryl methyl sites for hydroxylation is 2. The Morgan fingerprint density at radius 3 is 2.58 bits per heavy atom. The number of fused-ring (bicyclic) bond motifs is 5. The fourth-order valence-electron chi connectivity index (χ4n) is 5.73. The molecule has 3 aliphatic rings. The molecule has 0 aliphatic heterocycles. The monoisotopic (exact) mass is 330 g/mol. The molecule has 0 heterocycles. The molecular formula is C21H30O3. The smallest absolute Gasteiger partial charge is 0.139 e. The fraction of sp³-hybridized carbons (Fsp3) is 0.667. The number of Topliss-reactive ketones (excluding diaryl/α,β-unsaturated/α-hetero) is 1. The number of phenolic OH excluding ortho intramolecular Hbond substituents is 1. The van der Waals surface area contributed by atoms with E-state index >= 15 is 0 Å². The van der Waals surface area contributed by atoms with Crippen LogP contribution in [0.2, 0.25) is 0 Å². The molecule has 1 aromatic rings. The Bertz CT molecular complexity index is 636. The molecule has 0 saturated heterocycles. The normalized spacial score (nSPS) is 33.8. The molecule has 2 fully saturated rings. The van der Waals surface area contributed by atoms with Crippen LogP contribution in [0.15, 0.2) is 12.1 Å². The molecule has 0 spiro atoms. The minimum absolute atomic E-state index is 0.0382. The number of aromatic hydroxyl groups is 1. The predicted molar refractivity (Wildman–Crippen MR) is 95.4 cm³/mol. The number of rotatable bonds is 0. The maximum absolute atomic E-state index is 12.3. The van der Waals surface area contributed by atoms with Crippen LogP contribution >= 0.6 is 0 Å². The number of ether oxygens (including phenoxy) is 1. The Morgan fingerprint density at radius 2 is 1.88 bits per heavy atom. The third-order valence-electron chi connectivity index (χ3n) is 6.72. The van der Waals surface area contributed by atoms with Crippen molar-refractivity contribution in [1.29, 1.82) is 0 Å². The molecule has 4 atom stereocenters. The number of carbonyl (C=O) groups is 1. The first-order valence-corrected chi connectivity index (χ1v) is 9.18. The SMILES string of the molecule is COC.Cc1cc(O)cc2c1[C@H]1CC[C@]3(C)C(=O)CC[C@H]3[C@@H]1CC2. The van der Waals surface area contributed by atoms with Crippen molar-refractivity contribution < 1.29 is 14.6 Å². The highest BCUT2D eigenvalue weighted by Crippen LogP contribution is 2.60. The van der Waals surface area contributed by atoms with Gasteiger partial charge in [0, 0.05) is 26.1 Å². The summed E-state index contributed by atoms with van der Waals surface area (Å²) >= 11 is 0. The summed E-state index contributed by atoms with van der Waals surface area (Å²) in [5.41, 5.74) is 4.04. The molecular weight excluding hydrogens is 300 g/mol. The van der Waals surface area contributed by atoms with E-state index in [1.54, 1.807) is 14.2 Å². The summed E-state index contributed by atoms with van der Waals surface area (Å²) in [7, 11) is 3.25. The molecule has 24 heavy (non-hydrogen) atoms. The van der Waals surface area contributed by atoms with Gasteiger partial charge in [0.15, 0.2) is 0 Å². The quantitative estimate of drug-likeness (QED) is 0.767. The number of carbonyl (C=O) groups excluding carboxylic acids is 1. The van der Waals surface area contributed by atoms with E-state index in [1.165, 1.54) is 23.1 Å². The van der Waals surface area contributed by atoms with Crippen molar-refractivity contribution in [3.8, 4) is 5.75 Å². The zero-order valence-corrected chi connectivity index (χ0v) is 15.4. The largest absolute Gasteiger partial charge is 0.508 e. The second-order valence-corrected chi connectivity index (χ2v) is 8.08. The summed E-state index contributed by atoms with van der Waals surface area (Å²) in [5, 5.41) is 9.85. The van der Waals surface area contributed by atoms with Gasteiger partial charge < -0.3 is 9.84 Å². The Labute approximate surface area is 145 Å². The second-order valence-electron chi connectivity index (χ2n) is 8.08. The molecule has 0 aromatic heterocycles. The van der Waals surface area contributed by atoms with E-state index in [-0.39, 0.29) is 5.41 Å². The number of hydrogen-bond donors (Lipinski definition) is 1. The fourth-order valence-corrected chi connectivity index (χ4v) is 5.73. The molecule has 3 nitrogen and oxygen atoms in total. The molecule has 0 amide bonds. The third-order valence-corrected chi connectivity index (χ3v) is 6.72. The van der Waals surface area contributed by atoms with E-state index in [1.807, 2.05) is 12.1 Å². The van der Waals surface area contributed by atoms with Crippen LogP contribution in [-0.2, 0) is 16.0 Å². The van der Waals surface area contributed by atoms with Crippen molar-refractivity contribution in [1.82, 2.24) is 0 Å². The lowest BCUT2D eigenvalue weighted by Gasteiger charge is -2.48. The van der Waals surface area contributed by atoms with Crippen LogP contribution in [0.5, 0.6) is 5.75 Å². The van der Waals surface area contributed by atoms with Crippen molar-refractivity contribution in [3.05, 3.63) is 28.8 Å². The first-order valence-electron chi connectivity index (χ1n) is 9.18. The van der Waals surface area contributed by atoms with E-state index in [0.717, 1.165) is 32.1 Å². The van der Waals surface area contributed by atoms with Crippen LogP contribution in [0.3, 0.4) is 0 Å². The maximum Gasteiger partial charge on any atom is 0.139 e. The summed E-state index contributed by atoms with van der Waals surface area (Å²) in [5.74, 6) is 2.79. The number of benzene rings is 1. The summed E-state index contributed by atoms with van der Waals surface area (Å²) < 4.78 is 4.25. The van der Waals surface area contributed by atoms with Crippen LogP contribution in [-0.4, -0.2) is 25.1 Å². The van der Waals surface area contributed by atoms with E-state index in [2.05, 4.69) is 18.6 Å². The highest BCUT2D eigenvalue weighted by molar-refractivity contribution is 5.87. The van der Waals surface area contributed by atoms with Crippen molar-refractivity contribution in [3.63, 3.8) is 0 Å². The Hall–Kier alpha value is -1.35. The summed E-state index contributed by atoms with van der Waals surface area (Å²) in [4.78, 5) is 12.3. The highest BCUT2D eigenvalue weighted by atomic mass is 16.4. The van der Waals surface area contributed by atoms with Crippen LogP contribution in [0.25, 0.3) is 0 Å². The predicted octanol–water partition coefficient (Wildman–Crippen LogP) is 4.39. The Morgan fingerprint density at radius 1 is 1.17 bits per heavy atom. The van der Waals surface area contributed by atoms with E-state index < -0.39 is 0 Å². The summed E-state index contributed by atoms with van der Waals surface area (Å²) in [6, 6.07) is 3.88. The molecule has 132 valence electrons. The van der Waals surface area contributed by atoms with Gasteiger partial charge in [-0.1, -0.05) is 6.92 Å². The van der Waals surface area contributed by atoms with Gasteiger partial charge in [0.1, 0.15) is 11.5 Å². The van der Waals surface area contributed by atoms with Gasteiger partial charge in [-0.15, -0.1) is 0 Å². The van der Waals surface area contributed by atoms with Crippen molar-refractivity contribution in [2.24, 2.45) is 17.3 Å². The van der Waals surface area contributed by atoms with E-state index in [0.29, 0.717) is 29.3 Å². The van der Waals surface area contributed by atoms with Gasteiger partial charge in [-0.25, -0.2) is 0 Å². The molecule has 0 unspecified atom stereocenters. The molecule has 4 rings (SSSR count). The van der Waals surface area contributed by atoms with Crippen LogP contribution in [0.1, 0.15) is 61.6 Å². The van der Waals surface area contributed by atoms with Gasteiger partial charge in [-0.3, -0.25) is 4.79 Å². The van der Waals surface area contributed by atoms with Gasteiger partial charge in [0.2, 0.25) is 0 Å². The van der Waals surface area contributed by atoms with Crippen LogP contribution in [0.4, 0.5) is 0 Å². The molecule has 2 saturated carbocycles. The lowest BCUT2D eigenvalue weighted by Crippen LogP contribution is -2.42. The third kappa shape index (κ3) is 2.67. The van der Waals surface area contributed by atoms with Crippen LogP contribution in [0, 0.1) is 24.2 Å². The molecule has 3 heteroatoms. The van der Waals surface area contributed by atoms with Gasteiger partial charge in [0.05, 0.1) is 0 Å². The molecule has 1 aromatic carbocycles. The first-order chi connectivity index (χ1) is 11.4. The number of phenols is 1. The van der Waals surface area contributed by atoms with Gasteiger partial charge in [-0.2, -0.15) is 0 Å². The molecule has 0 radical (unpaired) electrons. The Kier molecular flexibility index (Phi) is 4.74. The molecule has 3 aliphatic carbocycles. The van der Waals surface area contributed by atoms with Gasteiger partial charge in [0.25, 0.3) is 0 Å². The minimum Gasteiger partial charge on any atom is -0.508 e. The standard InChI is InChI=1S/C19H24O2.C2H6O/c1-11-9-13(20)10-12-3-4-14-15(18(11)12)7-8-19(2)16(14)5-6-17(19)21;1-3-2/h9-10,14-16,20H,3-8H2,1-2H3;1-2H3/t14-,15+,16+,19+;/m1./s1. The number of methoxy groups -OCH3 is 1. The van der Waals surface area contributed by atoms with Crippen molar-refractivity contribution in [2.75, 3.05) is 14.2 Å². The lowest BCUT2D eigenvalue weighted by atomic mass is 9.55. The number of ketones is 1. The highest BCUT2D eigenvalue weighted by Gasteiger charge is 2.54. The summed E-state index contributed by atoms with van der Waals surface area (Å²) in [6.07, 6.45) is 6.34. The van der Waals surface area contributed by atoms with Gasteiger partial charge in [-0.05, 0) is 85.6 Å². The van der Waals surface area contributed by atoms with E-state index in [4.69, 9.17) is 0 Å². The van der Waals surface area contributed by atoms with Gasteiger partial charge >= 0.3 is 0 Å². The maximum atomic E-state index is 12.3. The first kappa shape index (κ1) is 17.5. The minimum atomic E-state index is -0.0382. The molecule has 1 N–H and O–H groups in total. The summed E-state index contributed by atoms with van der Waals surface area (Å²) in [6.45, 7) is 4.36. The molecule has 0 bridgehead atoms. The number of hydrogen-bond acceptors (Lipinski definition) is 3. The second kappa shape index (κ2) is 6.51. The zero-order valence-electron chi connectivity index (χ0n) is 15.4. The van der Waals surface area contributed by atoms with Crippen molar-refractivity contribution in [2.45, 2.75) is 58.3 Å². The average Bonchev–Trinajstić information content (AvgIpc) is 2.83. The average molecular weight is 330 g/mol. The van der Waals surface area contributed by atoms with E-state index in [9.17, 15) is 9.90 Å². The topological polar surface area (TPSA) is 46.5 Å². The zero-order chi connectivity index (χ0) is 17.5.